The predicted octanol–water partition coefficient (Wildman–Crippen LogP) is 4.11. The molecule has 0 amide bonds. The molecule has 1 saturated heterocycles. The minimum Gasteiger partial charge on any atom is -0.490 e. The summed E-state index contributed by atoms with van der Waals surface area (Å²) in [5, 5.41) is 0. The van der Waals surface area contributed by atoms with Crippen molar-refractivity contribution in [1.82, 2.24) is 0 Å². The Bertz CT molecular complexity index is 1110. The average Bonchev–Trinajstić information content (AvgIpc) is 2.74. The van der Waals surface area contributed by atoms with Crippen LogP contribution in [0, 0.1) is 24.5 Å². The highest BCUT2D eigenvalue weighted by atomic mass is 32.2. The normalized spacial score (nSPS) is 25.3. The van der Waals surface area contributed by atoms with Gasteiger partial charge in [-0.05, 0) is 51.0 Å². The van der Waals surface area contributed by atoms with Gasteiger partial charge in [-0.1, -0.05) is 17.7 Å². The minimum absolute atomic E-state index is 0.0341. The van der Waals surface area contributed by atoms with Crippen molar-refractivity contribution >= 4 is 15.6 Å². The van der Waals surface area contributed by atoms with E-state index < -0.39 is 38.2 Å². The minimum atomic E-state index is -4.18. The van der Waals surface area contributed by atoms with E-state index in [0.717, 1.165) is 17.7 Å². The van der Waals surface area contributed by atoms with Crippen LogP contribution in [0.15, 0.2) is 41.3 Å². The Labute approximate surface area is 180 Å². The zero-order valence-corrected chi connectivity index (χ0v) is 18.2. The first-order valence-electron chi connectivity index (χ1n) is 10.2. The number of halogens is 2. The van der Waals surface area contributed by atoms with Crippen LogP contribution < -0.4 is 4.74 Å². The van der Waals surface area contributed by atoms with Gasteiger partial charge in [0.05, 0.1) is 23.2 Å². The monoisotopic (exact) mass is 450 g/mol. The number of hydrogen-bond donors (Lipinski definition) is 0. The average molecular weight is 451 g/mol. The first kappa shape index (κ1) is 21.9. The van der Waals surface area contributed by atoms with E-state index in [0.29, 0.717) is 0 Å². The van der Waals surface area contributed by atoms with Crippen LogP contribution in [0.1, 0.15) is 37.3 Å². The molecule has 0 saturated carbocycles. The van der Waals surface area contributed by atoms with Crippen molar-refractivity contribution in [3.05, 3.63) is 59.2 Å². The number of carbonyl (C=O) groups excluding carboxylic acids is 1. The first-order valence-corrected chi connectivity index (χ1v) is 11.7. The van der Waals surface area contributed by atoms with Gasteiger partial charge in [0, 0.05) is 18.9 Å². The quantitative estimate of drug-likeness (QED) is 0.686. The molecule has 2 aliphatic rings. The number of rotatable bonds is 5. The van der Waals surface area contributed by atoms with Gasteiger partial charge in [-0.25, -0.2) is 17.2 Å². The molecule has 0 N–H and O–H groups in total. The molecule has 4 rings (SSSR count). The third-order valence-corrected chi connectivity index (χ3v) is 8.90. The molecule has 2 aromatic carbocycles. The third kappa shape index (κ3) is 3.46. The van der Waals surface area contributed by atoms with Gasteiger partial charge in [0.2, 0.25) is 0 Å². The topological polar surface area (TPSA) is 69.7 Å². The SMILES string of the molecule is CC(=O)CC[C@@H]1OCC[C@@]2(S(=O)(=O)c3ccc(C)cc3)c3c(F)ccc(F)c3OC[C@@H]12. The van der Waals surface area contributed by atoms with Crippen LogP contribution in [-0.4, -0.2) is 33.5 Å². The van der Waals surface area contributed by atoms with Crippen LogP contribution >= 0.6 is 0 Å². The highest BCUT2D eigenvalue weighted by Gasteiger charge is 2.61. The fourth-order valence-electron chi connectivity index (χ4n) is 4.78. The summed E-state index contributed by atoms with van der Waals surface area (Å²) in [5.74, 6) is -2.85. The summed E-state index contributed by atoms with van der Waals surface area (Å²) in [7, 11) is -4.18. The maximum atomic E-state index is 15.2. The van der Waals surface area contributed by atoms with Crippen LogP contribution in [0.4, 0.5) is 8.78 Å². The van der Waals surface area contributed by atoms with E-state index in [9.17, 15) is 17.6 Å². The van der Waals surface area contributed by atoms with Gasteiger partial charge >= 0.3 is 0 Å². The summed E-state index contributed by atoms with van der Waals surface area (Å²) < 4.78 is 67.7. The maximum absolute atomic E-state index is 15.2. The number of benzene rings is 2. The lowest BCUT2D eigenvalue weighted by Crippen LogP contribution is -2.57. The molecule has 0 radical (unpaired) electrons. The highest BCUT2D eigenvalue weighted by molar-refractivity contribution is 7.92. The molecule has 8 heteroatoms. The standard InChI is InChI=1S/C23H24F2O5S/c1-14-3-6-16(7-4-14)31(27,28)23-11-12-29-20(10-5-15(2)26)17(23)13-30-22-19(25)9-8-18(24)21(22)23/h3-4,6-9,17,20H,5,10-13H2,1-2H3/t17-,20-,23-/m0/s1. The fourth-order valence-corrected chi connectivity index (χ4v) is 7.13. The molecule has 0 spiro atoms. The summed E-state index contributed by atoms with van der Waals surface area (Å²) in [6.45, 7) is 3.17. The van der Waals surface area contributed by atoms with Crippen molar-refractivity contribution < 1.29 is 31.5 Å². The molecule has 0 aliphatic carbocycles. The molecular formula is C23H24F2O5S. The molecule has 5 nitrogen and oxygen atoms in total. The Hall–Kier alpha value is -2.32. The number of aryl methyl sites for hydroxylation is 1. The van der Waals surface area contributed by atoms with Crippen molar-refractivity contribution in [2.24, 2.45) is 5.92 Å². The number of ketones is 1. The van der Waals surface area contributed by atoms with Gasteiger partial charge in [-0.2, -0.15) is 0 Å². The summed E-state index contributed by atoms with van der Waals surface area (Å²) >= 11 is 0. The molecule has 3 atom stereocenters. The van der Waals surface area contributed by atoms with Crippen molar-refractivity contribution in [2.75, 3.05) is 13.2 Å². The summed E-state index contributed by atoms with van der Waals surface area (Å²) in [5.41, 5.74) is 0.601. The lowest BCUT2D eigenvalue weighted by molar-refractivity contribution is -0.119. The van der Waals surface area contributed by atoms with E-state index in [1.54, 1.807) is 12.1 Å². The van der Waals surface area contributed by atoms with E-state index in [1.807, 2.05) is 6.92 Å². The number of hydrogen-bond acceptors (Lipinski definition) is 5. The van der Waals surface area contributed by atoms with E-state index in [4.69, 9.17) is 9.47 Å². The van der Waals surface area contributed by atoms with E-state index in [1.165, 1.54) is 19.1 Å². The van der Waals surface area contributed by atoms with E-state index >= 15 is 4.39 Å². The maximum Gasteiger partial charge on any atom is 0.189 e. The highest BCUT2D eigenvalue weighted by Crippen LogP contribution is 2.55. The molecule has 0 aromatic heterocycles. The second-order valence-electron chi connectivity index (χ2n) is 8.26. The zero-order chi connectivity index (χ0) is 22.4. The Morgan fingerprint density at radius 3 is 2.48 bits per heavy atom. The fraction of sp³-hybridized carbons (Fsp3) is 0.435. The Kier molecular flexibility index (Phi) is 5.64. The largest absolute Gasteiger partial charge is 0.490 e. The molecular weight excluding hydrogens is 426 g/mol. The van der Waals surface area contributed by atoms with Gasteiger partial charge in [0.25, 0.3) is 0 Å². The lowest BCUT2D eigenvalue weighted by Gasteiger charge is -2.50. The van der Waals surface area contributed by atoms with Gasteiger partial charge < -0.3 is 14.3 Å². The molecule has 0 unspecified atom stereocenters. The molecule has 2 heterocycles. The van der Waals surface area contributed by atoms with Crippen LogP contribution in [0.2, 0.25) is 0 Å². The summed E-state index contributed by atoms with van der Waals surface area (Å²) in [6.07, 6.45) is -0.212. The van der Waals surface area contributed by atoms with Crippen LogP contribution in [0.3, 0.4) is 0 Å². The third-order valence-electron chi connectivity index (χ3n) is 6.33. The number of carbonyl (C=O) groups is 1. The first-order chi connectivity index (χ1) is 14.7. The van der Waals surface area contributed by atoms with Crippen molar-refractivity contribution in [3.8, 4) is 5.75 Å². The van der Waals surface area contributed by atoms with Gasteiger partial charge in [-0.15, -0.1) is 0 Å². The van der Waals surface area contributed by atoms with E-state index in [2.05, 4.69) is 0 Å². The second-order valence-corrected chi connectivity index (χ2v) is 10.5. The number of Topliss-reactive ketones (excluding diaryl/α,β-unsaturated/α-hetero) is 1. The van der Waals surface area contributed by atoms with Crippen molar-refractivity contribution in [3.63, 3.8) is 0 Å². The number of sulfone groups is 1. The molecule has 31 heavy (non-hydrogen) atoms. The summed E-state index contributed by atoms with van der Waals surface area (Å²) in [4.78, 5) is 11.6. The number of fused-ring (bicyclic) bond motifs is 3. The molecule has 166 valence electrons. The van der Waals surface area contributed by atoms with Gasteiger partial charge in [0.1, 0.15) is 16.3 Å². The summed E-state index contributed by atoms with van der Waals surface area (Å²) in [6, 6.07) is 8.20. The number of ether oxygens (including phenoxy) is 2. The Morgan fingerprint density at radius 1 is 1.13 bits per heavy atom. The lowest BCUT2D eigenvalue weighted by atomic mass is 9.75. The van der Waals surface area contributed by atoms with Gasteiger partial charge in [-0.3, -0.25) is 0 Å². The van der Waals surface area contributed by atoms with Crippen molar-refractivity contribution in [2.45, 2.75) is 48.9 Å². The predicted molar refractivity (Wildman–Crippen MR) is 110 cm³/mol. The van der Waals surface area contributed by atoms with Gasteiger partial charge in [0.15, 0.2) is 21.4 Å². The molecule has 2 aliphatic heterocycles. The molecule has 0 bridgehead atoms. The second kappa shape index (κ2) is 7.98. The van der Waals surface area contributed by atoms with Crippen molar-refractivity contribution in [1.29, 1.82) is 0 Å². The van der Waals surface area contributed by atoms with E-state index in [-0.39, 0.29) is 54.5 Å². The molecule has 1 fully saturated rings. The zero-order valence-electron chi connectivity index (χ0n) is 17.4. The van der Waals surface area contributed by atoms with Crippen LogP contribution in [0.25, 0.3) is 0 Å². The molecule has 2 aromatic rings. The van der Waals surface area contributed by atoms with Crippen LogP contribution in [-0.2, 0) is 24.1 Å². The Balaban J connectivity index is 1.96. The Morgan fingerprint density at radius 2 is 1.81 bits per heavy atom. The van der Waals surface area contributed by atoms with Crippen LogP contribution in [0.5, 0.6) is 5.75 Å². The smallest absolute Gasteiger partial charge is 0.189 e.